The van der Waals surface area contributed by atoms with Crippen molar-refractivity contribution in [2.45, 2.75) is 39.0 Å². The minimum Gasteiger partial charge on any atom is -0.294 e. The maximum atomic E-state index is 11.8. The first-order valence-corrected chi connectivity index (χ1v) is 5.79. The van der Waals surface area contributed by atoms with Crippen molar-refractivity contribution < 1.29 is 4.79 Å². The van der Waals surface area contributed by atoms with Crippen molar-refractivity contribution in [1.82, 2.24) is 9.78 Å². The number of allylic oxidation sites excluding steroid dienone is 1. The van der Waals surface area contributed by atoms with Gasteiger partial charge in [0, 0.05) is 19.7 Å². The third kappa shape index (κ3) is 3.65. The third-order valence-electron chi connectivity index (χ3n) is 2.63. The molecule has 0 aromatic carbocycles. The van der Waals surface area contributed by atoms with Gasteiger partial charge in [-0.3, -0.25) is 9.48 Å². The molecule has 1 rings (SSSR count). The van der Waals surface area contributed by atoms with Gasteiger partial charge in [-0.2, -0.15) is 5.10 Å². The van der Waals surface area contributed by atoms with Crippen molar-refractivity contribution in [3.63, 3.8) is 0 Å². The summed E-state index contributed by atoms with van der Waals surface area (Å²) >= 11 is 0. The average molecular weight is 220 g/mol. The Bertz CT molecular complexity index is 366. The number of hydrogen-bond donors (Lipinski definition) is 0. The summed E-state index contributed by atoms with van der Waals surface area (Å²) in [5.74, 6) is 0.212. The van der Waals surface area contributed by atoms with Gasteiger partial charge in [-0.05, 0) is 26.2 Å². The number of rotatable bonds is 7. The lowest BCUT2D eigenvalue weighted by Gasteiger charge is -1.99. The summed E-state index contributed by atoms with van der Waals surface area (Å²) in [6.07, 6.45) is 8.58. The normalized spacial score (nSPS) is 10.4. The summed E-state index contributed by atoms with van der Waals surface area (Å²) in [5, 5.41) is 4.17. The molecule has 1 aromatic rings. The lowest BCUT2D eigenvalue weighted by molar-refractivity contribution is 0.0978. The zero-order valence-corrected chi connectivity index (χ0v) is 10.2. The standard InChI is InChI=1S/C13H20N2O/c1-4-5-6-7-8-9-13(16)12-10-15(3)14-11(12)2/h4,10H,1,5-9H2,2-3H3. The van der Waals surface area contributed by atoms with E-state index in [2.05, 4.69) is 11.7 Å². The van der Waals surface area contributed by atoms with Crippen LogP contribution in [0.3, 0.4) is 0 Å². The number of carbonyl (C=O) groups is 1. The predicted molar refractivity (Wildman–Crippen MR) is 65.6 cm³/mol. The quantitative estimate of drug-likeness (QED) is 0.402. The summed E-state index contributed by atoms with van der Waals surface area (Å²) in [7, 11) is 1.84. The fourth-order valence-electron chi connectivity index (χ4n) is 1.76. The van der Waals surface area contributed by atoms with Crippen molar-refractivity contribution in [3.05, 3.63) is 30.1 Å². The minimum atomic E-state index is 0.212. The van der Waals surface area contributed by atoms with E-state index in [4.69, 9.17) is 0 Å². The number of hydrogen-bond acceptors (Lipinski definition) is 2. The molecule has 1 heterocycles. The van der Waals surface area contributed by atoms with Crippen LogP contribution in [-0.2, 0) is 7.05 Å². The lowest BCUT2D eigenvalue weighted by atomic mass is 10.1. The highest BCUT2D eigenvalue weighted by atomic mass is 16.1. The number of carbonyl (C=O) groups excluding carboxylic acids is 1. The topological polar surface area (TPSA) is 34.9 Å². The van der Waals surface area contributed by atoms with E-state index in [9.17, 15) is 4.79 Å². The molecule has 0 amide bonds. The van der Waals surface area contributed by atoms with Gasteiger partial charge < -0.3 is 0 Å². The third-order valence-corrected chi connectivity index (χ3v) is 2.63. The molecule has 0 unspecified atom stereocenters. The number of Topliss-reactive ketones (excluding diaryl/α,β-unsaturated/α-hetero) is 1. The molecule has 0 radical (unpaired) electrons. The van der Waals surface area contributed by atoms with Crippen LogP contribution in [0.25, 0.3) is 0 Å². The van der Waals surface area contributed by atoms with E-state index in [1.165, 1.54) is 0 Å². The second-order valence-corrected chi connectivity index (χ2v) is 4.11. The maximum Gasteiger partial charge on any atom is 0.166 e. The van der Waals surface area contributed by atoms with Crippen LogP contribution in [0.4, 0.5) is 0 Å². The van der Waals surface area contributed by atoms with E-state index >= 15 is 0 Å². The van der Waals surface area contributed by atoms with E-state index in [0.29, 0.717) is 6.42 Å². The molecular formula is C13H20N2O. The number of unbranched alkanes of at least 4 members (excludes halogenated alkanes) is 3. The number of aromatic nitrogens is 2. The first-order valence-electron chi connectivity index (χ1n) is 5.79. The summed E-state index contributed by atoms with van der Waals surface area (Å²) in [6.45, 7) is 5.56. The molecule has 0 N–H and O–H groups in total. The number of aryl methyl sites for hydroxylation is 2. The Kier molecular flexibility index (Phi) is 4.96. The largest absolute Gasteiger partial charge is 0.294 e. The van der Waals surface area contributed by atoms with Gasteiger partial charge in [0.2, 0.25) is 0 Å². The van der Waals surface area contributed by atoms with E-state index in [1.807, 2.05) is 20.0 Å². The highest BCUT2D eigenvalue weighted by Crippen LogP contribution is 2.11. The Morgan fingerprint density at radius 3 is 2.81 bits per heavy atom. The van der Waals surface area contributed by atoms with E-state index in [0.717, 1.165) is 36.9 Å². The Labute approximate surface area is 97.2 Å². The van der Waals surface area contributed by atoms with Gasteiger partial charge in [-0.25, -0.2) is 0 Å². The predicted octanol–water partition coefficient (Wildman–Crippen LogP) is 3.05. The molecule has 0 aliphatic heterocycles. The van der Waals surface area contributed by atoms with Crippen LogP contribution >= 0.6 is 0 Å². The molecule has 16 heavy (non-hydrogen) atoms. The van der Waals surface area contributed by atoms with Gasteiger partial charge in [0.25, 0.3) is 0 Å². The van der Waals surface area contributed by atoms with Crippen LogP contribution in [-0.4, -0.2) is 15.6 Å². The van der Waals surface area contributed by atoms with Crippen molar-refractivity contribution in [2.24, 2.45) is 7.05 Å². The molecule has 0 aliphatic carbocycles. The number of ketones is 1. The number of nitrogens with zero attached hydrogens (tertiary/aromatic N) is 2. The Hall–Kier alpha value is -1.38. The zero-order chi connectivity index (χ0) is 12.0. The molecule has 0 atom stereocenters. The van der Waals surface area contributed by atoms with Crippen LogP contribution in [0.2, 0.25) is 0 Å². The van der Waals surface area contributed by atoms with E-state index in [1.54, 1.807) is 10.9 Å². The van der Waals surface area contributed by atoms with Gasteiger partial charge in [0.05, 0.1) is 11.3 Å². The van der Waals surface area contributed by atoms with Crippen LogP contribution in [0.5, 0.6) is 0 Å². The van der Waals surface area contributed by atoms with Gasteiger partial charge in [-0.1, -0.05) is 12.5 Å². The molecule has 1 aromatic heterocycles. The van der Waals surface area contributed by atoms with E-state index in [-0.39, 0.29) is 5.78 Å². The molecule has 0 saturated heterocycles. The molecular weight excluding hydrogens is 200 g/mol. The Balaban J connectivity index is 2.35. The summed E-state index contributed by atoms with van der Waals surface area (Å²) in [5.41, 5.74) is 1.60. The first kappa shape index (κ1) is 12.7. The van der Waals surface area contributed by atoms with Gasteiger partial charge >= 0.3 is 0 Å². The monoisotopic (exact) mass is 220 g/mol. The molecule has 0 spiro atoms. The maximum absolute atomic E-state index is 11.8. The fraction of sp³-hybridized carbons (Fsp3) is 0.538. The van der Waals surface area contributed by atoms with E-state index < -0.39 is 0 Å². The lowest BCUT2D eigenvalue weighted by Crippen LogP contribution is -1.99. The highest BCUT2D eigenvalue weighted by Gasteiger charge is 2.11. The fourth-order valence-corrected chi connectivity index (χ4v) is 1.76. The summed E-state index contributed by atoms with van der Waals surface area (Å²) in [6, 6.07) is 0. The van der Waals surface area contributed by atoms with Crippen molar-refractivity contribution in [2.75, 3.05) is 0 Å². The van der Waals surface area contributed by atoms with Gasteiger partial charge in [-0.15, -0.1) is 6.58 Å². The molecule has 88 valence electrons. The van der Waals surface area contributed by atoms with Crippen molar-refractivity contribution >= 4 is 5.78 Å². The molecule has 0 aliphatic rings. The molecule has 0 fully saturated rings. The SMILES string of the molecule is C=CCCCCCC(=O)c1cn(C)nc1C. The molecule has 3 heteroatoms. The highest BCUT2D eigenvalue weighted by molar-refractivity contribution is 5.96. The van der Waals surface area contributed by atoms with Crippen LogP contribution < -0.4 is 0 Å². The van der Waals surface area contributed by atoms with Crippen molar-refractivity contribution in [1.29, 1.82) is 0 Å². The molecule has 0 saturated carbocycles. The van der Waals surface area contributed by atoms with Gasteiger partial charge in [0.15, 0.2) is 5.78 Å². The van der Waals surface area contributed by atoms with Crippen LogP contribution in [0.1, 0.15) is 48.2 Å². The van der Waals surface area contributed by atoms with Crippen LogP contribution in [0, 0.1) is 6.92 Å². The average Bonchev–Trinajstić information content (AvgIpc) is 2.57. The smallest absolute Gasteiger partial charge is 0.166 e. The Morgan fingerprint density at radius 1 is 1.50 bits per heavy atom. The zero-order valence-electron chi connectivity index (χ0n) is 10.2. The van der Waals surface area contributed by atoms with Crippen molar-refractivity contribution in [3.8, 4) is 0 Å². The second-order valence-electron chi connectivity index (χ2n) is 4.11. The van der Waals surface area contributed by atoms with Gasteiger partial charge in [0.1, 0.15) is 0 Å². The molecule has 3 nitrogen and oxygen atoms in total. The van der Waals surface area contributed by atoms with Crippen LogP contribution in [0.15, 0.2) is 18.9 Å². The summed E-state index contributed by atoms with van der Waals surface area (Å²) in [4.78, 5) is 11.8. The summed E-state index contributed by atoms with van der Waals surface area (Å²) < 4.78 is 1.69. The Morgan fingerprint density at radius 2 is 2.25 bits per heavy atom. The second kappa shape index (κ2) is 6.26. The first-order chi connectivity index (χ1) is 7.65. The minimum absolute atomic E-state index is 0.212. The molecule has 0 bridgehead atoms.